The van der Waals surface area contributed by atoms with Gasteiger partial charge in [-0.05, 0) is 113 Å². The van der Waals surface area contributed by atoms with Crippen LogP contribution in [0, 0.1) is 6.92 Å². The molecule has 0 atom stereocenters. The molecule has 0 aliphatic heterocycles. The molecule has 0 saturated heterocycles. The maximum Gasteiger partial charge on any atom is 0.251 e. The zero-order chi connectivity index (χ0) is 47.0. The highest BCUT2D eigenvalue weighted by molar-refractivity contribution is 5.95. The standard InChI is InChI=1S/C55H61N7O4/c1-37-18-22-58-48(24-37)49-29-39(19-23-59-49)53(66)60-30-38-25-42(33-61(35-46-12-8-10-20-56-46)31-40-27-44(54(2,3)4)14-16-50(40)63)52(65)43(26-38)34-62(36-47-13-9-11-21-57-47)32-41-28-45(55(5,6)7)15-17-51(41)64/h8-29,63-65H,30-36H2,1-7H3,(H,60,66). The molecule has 0 fully saturated rings. The van der Waals surface area contributed by atoms with Gasteiger partial charge in [0.1, 0.15) is 17.2 Å². The molecule has 11 nitrogen and oxygen atoms in total. The van der Waals surface area contributed by atoms with Crippen LogP contribution in [0.1, 0.15) is 108 Å². The molecule has 0 aliphatic rings. The van der Waals surface area contributed by atoms with E-state index in [0.29, 0.717) is 67.3 Å². The number of hydrogen-bond acceptors (Lipinski definition) is 10. The van der Waals surface area contributed by atoms with Crippen molar-refractivity contribution in [3.8, 4) is 28.6 Å². The zero-order valence-corrected chi connectivity index (χ0v) is 39.1. The van der Waals surface area contributed by atoms with Crippen molar-refractivity contribution >= 4 is 5.91 Å². The molecule has 0 bridgehead atoms. The lowest BCUT2D eigenvalue weighted by Gasteiger charge is -2.27. The molecular weight excluding hydrogens is 823 g/mol. The van der Waals surface area contributed by atoms with Crippen LogP contribution in [0.5, 0.6) is 17.2 Å². The first kappa shape index (κ1) is 47.0. The third-order valence-electron chi connectivity index (χ3n) is 11.7. The first-order valence-corrected chi connectivity index (χ1v) is 22.4. The lowest BCUT2D eigenvalue weighted by atomic mass is 9.86. The van der Waals surface area contributed by atoms with Crippen molar-refractivity contribution in [2.75, 3.05) is 0 Å². The van der Waals surface area contributed by atoms with Crippen LogP contribution in [0.4, 0.5) is 0 Å². The minimum atomic E-state index is -0.278. The van der Waals surface area contributed by atoms with E-state index in [1.54, 1.807) is 49.1 Å². The average Bonchev–Trinajstić information content (AvgIpc) is 3.28. The molecule has 3 aromatic carbocycles. The quantitative estimate of drug-likeness (QED) is 0.0739. The first-order valence-electron chi connectivity index (χ1n) is 22.4. The molecule has 4 N–H and O–H groups in total. The summed E-state index contributed by atoms with van der Waals surface area (Å²) in [4.78, 5) is 36.4. The fraction of sp³-hybridized carbons (Fsp3) is 0.291. The monoisotopic (exact) mass is 883 g/mol. The zero-order valence-electron chi connectivity index (χ0n) is 39.1. The second-order valence-corrected chi connectivity index (χ2v) is 19.2. The summed E-state index contributed by atoms with van der Waals surface area (Å²) in [5.74, 6) is 0.222. The van der Waals surface area contributed by atoms with E-state index >= 15 is 0 Å². The van der Waals surface area contributed by atoms with Gasteiger partial charge in [-0.2, -0.15) is 0 Å². The summed E-state index contributed by atoms with van der Waals surface area (Å²) in [6, 6.07) is 34.3. The molecular formula is C55H61N7O4. The summed E-state index contributed by atoms with van der Waals surface area (Å²) < 4.78 is 0. The Balaban J connectivity index is 1.27. The molecule has 0 unspecified atom stereocenters. The summed E-state index contributed by atoms with van der Waals surface area (Å²) in [6.07, 6.45) is 6.86. The van der Waals surface area contributed by atoms with E-state index in [2.05, 4.69) is 88.7 Å². The molecule has 340 valence electrons. The van der Waals surface area contributed by atoms with Crippen LogP contribution in [-0.4, -0.2) is 51.0 Å². The van der Waals surface area contributed by atoms with E-state index in [4.69, 9.17) is 0 Å². The smallest absolute Gasteiger partial charge is 0.251 e. The molecule has 66 heavy (non-hydrogen) atoms. The summed E-state index contributed by atoms with van der Waals surface area (Å²) in [7, 11) is 0. The number of aryl methyl sites for hydroxylation is 1. The molecule has 4 heterocycles. The highest BCUT2D eigenvalue weighted by Gasteiger charge is 2.23. The molecule has 7 aromatic rings. The van der Waals surface area contributed by atoms with E-state index in [1.807, 2.05) is 79.7 Å². The molecule has 0 radical (unpaired) electrons. The van der Waals surface area contributed by atoms with Crippen LogP contribution in [-0.2, 0) is 56.6 Å². The first-order chi connectivity index (χ1) is 31.5. The summed E-state index contributed by atoms with van der Waals surface area (Å²) in [5.41, 5.74) is 9.95. The van der Waals surface area contributed by atoms with Crippen LogP contribution >= 0.6 is 0 Å². The average molecular weight is 884 g/mol. The molecule has 0 aliphatic carbocycles. The Labute approximate surface area is 388 Å². The van der Waals surface area contributed by atoms with Gasteiger partial charge in [-0.25, -0.2) is 0 Å². The Hall–Kier alpha value is -6.95. The number of carbonyl (C=O) groups is 1. The van der Waals surface area contributed by atoms with Gasteiger partial charge in [0.25, 0.3) is 5.91 Å². The van der Waals surface area contributed by atoms with Crippen molar-refractivity contribution in [1.29, 1.82) is 0 Å². The molecule has 11 heteroatoms. The predicted molar refractivity (Wildman–Crippen MR) is 259 cm³/mol. The van der Waals surface area contributed by atoms with E-state index in [-0.39, 0.29) is 40.5 Å². The number of phenolic OH excluding ortho intramolecular Hbond substituents is 3. The van der Waals surface area contributed by atoms with E-state index in [1.165, 1.54) is 0 Å². The lowest BCUT2D eigenvalue weighted by Crippen LogP contribution is -2.26. The van der Waals surface area contributed by atoms with E-state index in [0.717, 1.165) is 44.8 Å². The molecule has 0 saturated carbocycles. The highest BCUT2D eigenvalue weighted by atomic mass is 16.3. The number of rotatable bonds is 16. The van der Waals surface area contributed by atoms with Crippen molar-refractivity contribution in [2.45, 2.75) is 105 Å². The van der Waals surface area contributed by atoms with Gasteiger partial charge in [-0.15, -0.1) is 0 Å². The van der Waals surface area contributed by atoms with Crippen molar-refractivity contribution < 1.29 is 20.1 Å². The second-order valence-electron chi connectivity index (χ2n) is 19.2. The number of nitrogens with zero attached hydrogens (tertiary/aromatic N) is 6. The number of benzene rings is 3. The van der Waals surface area contributed by atoms with Crippen LogP contribution in [0.3, 0.4) is 0 Å². The summed E-state index contributed by atoms with van der Waals surface area (Å²) in [6.45, 7) is 17.2. The fourth-order valence-electron chi connectivity index (χ4n) is 7.95. The number of aromatic hydroxyl groups is 3. The lowest BCUT2D eigenvalue weighted by molar-refractivity contribution is 0.0950. The minimum Gasteiger partial charge on any atom is -0.508 e. The maximum atomic E-state index is 13.8. The Bertz CT molecular complexity index is 2630. The van der Waals surface area contributed by atoms with Gasteiger partial charge < -0.3 is 20.6 Å². The molecule has 4 aromatic heterocycles. The Morgan fingerprint density at radius 1 is 0.530 bits per heavy atom. The van der Waals surface area contributed by atoms with Gasteiger partial charge in [0.15, 0.2) is 0 Å². The molecule has 0 spiro atoms. The number of phenols is 3. The number of nitrogens with one attached hydrogen (secondary N) is 1. The number of aromatic nitrogens is 4. The number of amides is 1. The number of hydrogen-bond donors (Lipinski definition) is 4. The topological polar surface area (TPSA) is 148 Å². The van der Waals surface area contributed by atoms with Gasteiger partial charge in [0.2, 0.25) is 0 Å². The van der Waals surface area contributed by atoms with Gasteiger partial charge in [-0.1, -0.05) is 77.9 Å². The van der Waals surface area contributed by atoms with Crippen LogP contribution in [0.25, 0.3) is 11.4 Å². The van der Waals surface area contributed by atoms with Crippen LogP contribution in [0.2, 0.25) is 0 Å². The maximum absolute atomic E-state index is 13.8. The highest BCUT2D eigenvalue weighted by Crippen LogP contribution is 2.34. The largest absolute Gasteiger partial charge is 0.508 e. The Kier molecular flexibility index (Phi) is 14.6. The van der Waals surface area contributed by atoms with Crippen molar-refractivity contribution in [3.63, 3.8) is 0 Å². The van der Waals surface area contributed by atoms with Crippen molar-refractivity contribution in [2.24, 2.45) is 0 Å². The Morgan fingerprint density at radius 3 is 1.48 bits per heavy atom. The molecule has 1 amide bonds. The normalized spacial score (nSPS) is 11.9. The Morgan fingerprint density at radius 2 is 1.02 bits per heavy atom. The number of pyridine rings is 4. The summed E-state index contributed by atoms with van der Waals surface area (Å²) >= 11 is 0. The van der Waals surface area contributed by atoms with Crippen LogP contribution < -0.4 is 5.32 Å². The van der Waals surface area contributed by atoms with Crippen LogP contribution in [0.15, 0.2) is 134 Å². The molecule has 7 rings (SSSR count). The van der Waals surface area contributed by atoms with E-state index in [9.17, 15) is 20.1 Å². The van der Waals surface area contributed by atoms with E-state index < -0.39 is 0 Å². The van der Waals surface area contributed by atoms with Gasteiger partial charge in [-0.3, -0.25) is 34.5 Å². The van der Waals surface area contributed by atoms with Gasteiger partial charge >= 0.3 is 0 Å². The minimum absolute atomic E-state index is 0.117. The SMILES string of the molecule is Cc1ccnc(-c2cc(C(=O)NCc3cc(CN(Cc4ccccn4)Cc4cc(C(C)(C)C)ccc4O)c(O)c(CN(Cc4ccccn4)Cc4cc(C(C)(C)C)ccc4O)c3)ccn2)c1. The van der Waals surface area contributed by atoms with Crippen molar-refractivity contribution in [3.05, 3.63) is 195 Å². The predicted octanol–water partition coefficient (Wildman–Crippen LogP) is 10.3. The fourth-order valence-corrected chi connectivity index (χ4v) is 7.95. The van der Waals surface area contributed by atoms with Crippen molar-refractivity contribution in [1.82, 2.24) is 35.1 Å². The third kappa shape index (κ3) is 12.4. The number of carbonyl (C=O) groups excluding carboxylic acids is 1. The second kappa shape index (κ2) is 20.5. The summed E-state index contributed by atoms with van der Waals surface area (Å²) in [5, 5.41) is 37.9. The van der Waals surface area contributed by atoms with Gasteiger partial charge in [0, 0.05) is 98.4 Å². The van der Waals surface area contributed by atoms with Gasteiger partial charge in [0.05, 0.1) is 22.8 Å². The third-order valence-corrected chi connectivity index (χ3v) is 11.7.